The summed E-state index contributed by atoms with van der Waals surface area (Å²) in [5, 5.41) is 12.4. The third kappa shape index (κ3) is 10.1. The largest absolute Gasteiger partial charge is 0.354 e. The minimum Gasteiger partial charge on any atom is -0.354 e. The van der Waals surface area contributed by atoms with Gasteiger partial charge >= 0.3 is 0 Å². The number of nitrogens with zero attached hydrogens (tertiary/aromatic N) is 1. The summed E-state index contributed by atoms with van der Waals surface area (Å²) in [5.41, 5.74) is 2.38. The number of carbonyl (C=O) groups excluding carboxylic acids is 3. The van der Waals surface area contributed by atoms with Crippen LogP contribution in [0, 0.1) is 5.92 Å². The number of nitrogens with one attached hydrogen (secondary N) is 4. The predicted octanol–water partition coefficient (Wildman–Crippen LogP) is 3.81. The molecule has 0 saturated heterocycles. The molecule has 1 aliphatic rings. The third-order valence-corrected chi connectivity index (χ3v) is 9.41. The highest BCUT2D eigenvalue weighted by atomic mass is 32.2. The first-order valence-corrected chi connectivity index (χ1v) is 17.6. The van der Waals surface area contributed by atoms with Crippen LogP contribution in [-0.4, -0.2) is 64.6 Å². The first-order chi connectivity index (χ1) is 21.9. The topological polar surface area (TPSA) is 137 Å². The molecule has 3 atom stereocenters. The van der Waals surface area contributed by atoms with Gasteiger partial charge in [-0.25, -0.2) is 8.42 Å². The van der Waals surface area contributed by atoms with Crippen LogP contribution in [0.25, 0.3) is 0 Å². The van der Waals surface area contributed by atoms with E-state index in [1.807, 2.05) is 74.5 Å². The van der Waals surface area contributed by atoms with Gasteiger partial charge in [-0.1, -0.05) is 67.6 Å². The maximum atomic E-state index is 13.8. The van der Waals surface area contributed by atoms with Crippen molar-refractivity contribution in [2.24, 2.45) is 5.92 Å². The van der Waals surface area contributed by atoms with Gasteiger partial charge in [0.05, 0.1) is 24.0 Å². The third-order valence-electron chi connectivity index (χ3n) is 8.21. The van der Waals surface area contributed by atoms with Crippen LogP contribution < -0.4 is 25.6 Å². The van der Waals surface area contributed by atoms with Gasteiger partial charge in [0, 0.05) is 37.3 Å². The van der Waals surface area contributed by atoms with E-state index < -0.39 is 33.9 Å². The smallest absolute Gasteiger partial charge is 0.251 e. The normalized spacial score (nSPS) is 14.9. The lowest BCUT2D eigenvalue weighted by Gasteiger charge is -2.24. The Morgan fingerprint density at radius 3 is 2.04 bits per heavy atom. The molecule has 3 amide bonds. The molecule has 3 aromatic rings. The fourth-order valence-corrected chi connectivity index (χ4v) is 5.58. The number of carbonyl (C=O) groups is 3. The van der Waals surface area contributed by atoms with Crippen LogP contribution >= 0.6 is 0 Å². The number of benzene rings is 3. The number of hydrogen-bond donors (Lipinski definition) is 4. The summed E-state index contributed by atoms with van der Waals surface area (Å²) < 4.78 is 25.9. The van der Waals surface area contributed by atoms with E-state index in [0.717, 1.165) is 34.5 Å². The Morgan fingerprint density at radius 1 is 0.891 bits per heavy atom. The van der Waals surface area contributed by atoms with E-state index in [2.05, 4.69) is 21.3 Å². The van der Waals surface area contributed by atoms with Gasteiger partial charge in [0.25, 0.3) is 11.8 Å². The van der Waals surface area contributed by atoms with Gasteiger partial charge in [0.1, 0.15) is 0 Å². The lowest BCUT2D eigenvalue weighted by Crippen LogP contribution is -2.50. The minimum absolute atomic E-state index is 0.0592. The molecule has 0 aromatic heterocycles. The van der Waals surface area contributed by atoms with Crippen molar-refractivity contribution >= 4 is 33.4 Å². The van der Waals surface area contributed by atoms with Crippen LogP contribution in [-0.2, 0) is 21.2 Å². The van der Waals surface area contributed by atoms with E-state index >= 15 is 0 Å². The molecular formula is C35H45N5O5S. The van der Waals surface area contributed by atoms with E-state index in [0.29, 0.717) is 31.8 Å². The van der Waals surface area contributed by atoms with Crippen molar-refractivity contribution < 1.29 is 22.8 Å². The minimum atomic E-state index is -3.68. The number of hydrogen-bond acceptors (Lipinski definition) is 6. The molecule has 1 aliphatic carbocycles. The maximum Gasteiger partial charge on any atom is 0.251 e. The molecule has 46 heavy (non-hydrogen) atoms. The number of sulfonamides is 1. The Labute approximate surface area is 272 Å². The fourth-order valence-electron chi connectivity index (χ4n) is 5.09. The summed E-state index contributed by atoms with van der Waals surface area (Å²) in [6.45, 7) is 4.79. The van der Waals surface area contributed by atoms with Gasteiger partial charge in [0.2, 0.25) is 15.9 Å². The van der Waals surface area contributed by atoms with E-state index in [9.17, 15) is 22.8 Å². The molecular weight excluding hydrogens is 602 g/mol. The maximum absolute atomic E-state index is 13.8. The van der Waals surface area contributed by atoms with E-state index in [1.54, 1.807) is 0 Å². The molecule has 1 fully saturated rings. The standard InChI is InChI=1S/C35H45N5O5S/c1-5-32(35(43)37-22-26-16-17-26)36-23-30(18-25-12-8-6-9-13-25)39-34(42)29-19-28(20-31(21-29)40(3)46(4,44)45)33(41)38-24(2)27-14-10-7-11-15-27/h6-15,19-21,24,26,30,32,36H,5,16-18,22-23H2,1-4H3,(H,37,43)(H,38,41)(H,39,42)/t24-,30+,32+/m1/s1. The number of rotatable bonds is 16. The summed E-state index contributed by atoms with van der Waals surface area (Å²) >= 11 is 0. The summed E-state index contributed by atoms with van der Waals surface area (Å²) in [4.78, 5) is 40.0. The average Bonchev–Trinajstić information content (AvgIpc) is 3.88. The lowest BCUT2D eigenvalue weighted by molar-refractivity contribution is -0.123. The number of amides is 3. The summed E-state index contributed by atoms with van der Waals surface area (Å²) in [7, 11) is -2.31. The zero-order chi connectivity index (χ0) is 33.3. The molecule has 0 bridgehead atoms. The number of anilines is 1. The Morgan fingerprint density at radius 2 is 1.48 bits per heavy atom. The average molecular weight is 648 g/mol. The lowest BCUT2D eigenvalue weighted by atomic mass is 10.0. The van der Waals surface area contributed by atoms with Crippen molar-refractivity contribution in [3.05, 3.63) is 101 Å². The summed E-state index contributed by atoms with van der Waals surface area (Å²) in [6, 6.07) is 22.4. The molecule has 4 rings (SSSR count). The van der Waals surface area contributed by atoms with Crippen LogP contribution in [0.2, 0.25) is 0 Å². The SMILES string of the molecule is CC[C@H](NC[C@H](Cc1ccccc1)NC(=O)c1cc(C(=O)N[C@H](C)c2ccccc2)cc(N(C)S(C)(=O)=O)c1)C(=O)NCC1CC1. The highest BCUT2D eigenvalue weighted by Crippen LogP contribution is 2.27. The molecule has 0 unspecified atom stereocenters. The zero-order valence-corrected chi connectivity index (χ0v) is 27.8. The summed E-state index contributed by atoms with van der Waals surface area (Å²) in [6.07, 6.45) is 4.43. The molecule has 11 heteroatoms. The molecule has 0 spiro atoms. The molecule has 1 saturated carbocycles. The van der Waals surface area contributed by atoms with E-state index in [1.165, 1.54) is 25.2 Å². The van der Waals surface area contributed by atoms with Gasteiger partial charge in [-0.2, -0.15) is 0 Å². The van der Waals surface area contributed by atoms with Crippen molar-refractivity contribution in [1.82, 2.24) is 21.3 Å². The van der Waals surface area contributed by atoms with Crippen LogP contribution in [0.1, 0.15) is 71.0 Å². The van der Waals surface area contributed by atoms with Gasteiger partial charge in [0.15, 0.2) is 0 Å². The van der Waals surface area contributed by atoms with Crippen molar-refractivity contribution in [2.45, 2.75) is 57.7 Å². The van der Waals surface area contributed by atoms with Gasteiger partial charge < -0.3 is 21.3 Å². The molecule has 10 nitrogen and oxygen atoms in total. The first kappa shape index (κ1) is 34.6. The first-order valence-electron chi connectivity index (χ1n) is 15.7. The predicted molar refractivity (Wildman–Crippen MR) is 181 cm³/mol. The molecule has 0 aliphatic heterocycles. The highest BCUT2D eigenvalue weighted by Gasteiger charge is 2.25. The van der Waals surface area contributed by atoms with E-state index in [4.69, 9.17) is 0 Å². The van der Waals surface area contributed by atoms with Gasteiger partial charge in [-0.3, -0.25) is 18.7 Å². The Balaban J connectivity index is 1.56. The Bertz CT molecular complexity index is 1600. The van der Waals surface area contributed by atoms with Crippen LogP contribution in [0.5, 0.6) is 0 Å². The van der Waals surface area contributed by atoms with Crippen LogP contribution in [0.15, 0.2) is 78.9 Å². The van der Waals surface area contributed by atoms with Gasteiger partial charge in [-0.05, 0) is 67.9 Å². The fraction of sp³-hybridized carbons (Fsp3) is 0.400. The molecule has 0 heterocycles. The highest BCUT2D eigenvalue weighted by molar-refractivity contribution is 7.92. The van der Waals surface area contributed by atoms with Crippen molar-refractivity contribution in [3.63, 3.8) is 0 Å². The second-order valence-electron chi connectivity index (χ2n) is 12.0. The quantitative estimate of drug-likeness (QED) is 0.187. The van der Waals surface area contributed by atoms with Crippen molar-refractivity contribution in [3.8, 4) is 0 Å². The second kappa shape index (κ2) is 15.9. The molecule has 246 valence electrons. The Kier molecular flexibility index (Phi) is 11.9. The van der Waals surface area contributed by atoms with Gasteiger partial charge in [-0.15, -0.1) is 0 Å². The molecule has 0 radical (unpaired) electrons. The summed E-state index contributed by atoms with van der Waals surface area (Å²) in [5.74, 6) is -0.406. The monoisotopic (exact) mass is 647 g/mol. The second-order valence-corrected chi connectivity index (χ2v) is 14.0. The van der Waals surface area contributed by atoms with Crippen molar-refractivity contribution in [1.29, 1.82) is 0 Å². The molecule has 4 N–H and O–H groups in total. The zero-order valence-electron chi connectivity index (χ0n) is 27.0. The Hall–Kier alpha value is -4.22. The molecule has 3 aromatic carbocycles. The van der Waals surface area contributed by atoms with Crippen LogP contribution in [0.3, 0.4) is 0 Å². The van der Waals surface area contributed by atoms with Crippen molar-refractivity contribution in [2.75, 3.05) is 30.7 Å². The van der Waals surface area contributed by atoms with E-state index in [-0.39, 0.29) is 28.8 Å². The van der Waals surface area contributed by atoms with Crippen LogP contribution in [0.4, 0.5) is 5.69 Å².